The zero-order valence-corrected chi connectivity index (χ0v) is 11.3. The number of nitrogens with two attached hydrogens (primary N) is 1. The molecule has 0 fully saturated rings. The lowest BCUT2D eigenvalue weighted by atomic mass is 9.93. The molecule has 0 spiro atoms. The first-order chi connectivity index (χ1) is 9.09. The van der Waals surface area contributed by atoms with Crippen LogP contribution in [-0.4, -0.2) is 5.91 Å². The van der Waals surface area contributed by atoms with Crippen molar-refractivity contribution in [2.24, 2.45) is 5.73 Å². The third-order valence-electron chi connectivity index (χ3n) is 2.92. The van der Waals surface area contributed by atoms with Crippen LogP contribution in [0, 0.1) is 0 Å². The Bertz CT molecular complexity index is 632. The first-order valence-electron chi connectivity index (χ1n) is 5.91. The fraction of sp³-hybridized carbons (Fsp3) is 0.0625. The number of carbonyl (C=O) groups excluding carboxylic acids is 1. The summed E-state index contributed by atoms with van der Waals surface area (Å²) >= 11 is 6.02. The summed E-state index contributed by atoms with van der Waals surface area (Å²) in [7, 11) is 0. The largest absolute Gasteiger partial charge is 0.366 e. The smallest absolute Gasteiger partial charge is 0.244 e. The summed E-state index contributed by atoms with van der Waals surface area (Å²) < 4.78 is 0. The summed E-state index contributed by atoms with van der Waals surface area (Å²) in [5, 5.41) is 0.628. The highest BCUT2D eigenvalue weighted by atomic mass is 35.5. The van der Waals surface area contributed by atoms with Gasteiger partial charge in [0.05, 0.1) is 0 Å². The van der Waals surface area contributed by atoms with Crippen LogP contribution >= 0.6 is 11.6 Å². The molecule has 0 bridgehead atoms. The van der Waals surface area contributed by atoms with Gasteiger partial charge in [-0.25, -0.2) is 0 Å². The Morgan fingerprint density at radius 2 is 1.63 bits per heavy atom. The SMILES string of the molecule is CC(C(N)=O)=C(c1ccccc1)c1cccc(Cl)c1. The molecule has 2 N–H and O–H groups in total. The van der Waals surface area contributed by atoms with E-state index in [0.717, 1.165) is 16.7 Å². The molecule has 0 atom stereocenters. The lowest BCUT2D eigenvalue weighted by Crippen LogP contribution is -2.14. The van der Waals surface area contributed by atoms with E-state index in [2.05, 4.69) is 0 Å². The maximum atomic E-state index is 11.5. The molecule has 0 heterocycles. The molecule has 1 amide bonds. The Labute approximate surface area is 117 Å². The van der Waals surface area contributed by atoms with E-state index in [1.54, 1.807) is 13.0 Å². The zero-order valence-electron chi connectivity index (χ0n) is 10.6. The van der Waals surface area contributed by atoms with Crippen LogP contribution in [0.3, 0.4) is 0 Å². The van der Waals surface area contributed by atoms with Crippen molar-refractivity contribution in [3.8, 4) is 0 Å². The normalized spacial score (nSPS) is 11.9. The van der Waals surface area contributed by atoms with E-state index in [1.807, 2.05) is 48.5 Å². The molecule has 0 aliphatic heterocycles. The van der Waals surface area contributed by atoms with Gasteiger partial charge in [-0.05, 0) is 35.8 Å². The van der Waals surface area contributed by atoms with Crippen LogP contribution in [0.2, 0.25) is 5.02 Å². The Hall–Kier alpha value is -2.06. The number of hydrogen-bond donors (Lipinski definition) is 1. The van der Waals surface area contributed by atoms with Crippen molar-refractivity contribution in [3.05, 3.63) is 76.3 Å². The van der Waals surface area contributed by atoms with E-state index in [0.29, 0.717) is 10.6 Å². The fourth-order valence-electron chi connectivity index (χ4n) is 1.97. The van der Waals surface area contributed by atoms with Gasteiger partial charge in [-0.2, -0.15) is 0 Å². The Kier molecular flexibility index (Phi) is 4.03. The van der Waals surface area contributed by atoms with Crippen molar-refractivity contribution in [1.82, 2.24) is 0 Å². The number of primary amides is 1. The molecule has 3 heteroatoms. The molecule has 96 valence electrons. The van der Waals surface area contributed by atoms with Crippen molar-refractivity contribution in [1.29, 1.82) is 0 Å². The average molecular weight is 272 g/mol. The highest BCUT2D eigenvalue weighted by Crippen LogP contribution is 2.28. The second-order valence-electron chi connectivity index (χ2n) is 4.24. The fourth-order valence-corrected chi connectivity index (χ4v) is 2.16. The van der Waals surface area contributed by atoms with E-state index in [-0.39, 0.29) is 0 Å². The average Bonchev–Trinajstić information content (AvgIpc) is 2.40. The molecular formula is C16H14ClNO. The number of hydrogen-bond acceptors (Lipinski definition) is 1. The van der Waals surface area contributed by atoms with Gasteiger partial charge in [0.1, 0.15) is 0 Å². The number of halogens is 1. The quantitative estimate of drug-likeness (QED) is 0.851. The van der Waals surface area contributed by atoms with Crippen LogP contribution in [0.15, 0.2) is 60.2 Å². The molecule has 0 radical (unpaired) electrons. The summed E-state index contributed by atoms with van der Waals surface area (Å²) in [4.78, 5) is 11.5. The summed E-state index contributed by atoms with van der Waals surface area (Å²) in [6, 6.07) is 17.1. The van der Waals surface area contributed by atoms with Crippen molar-refractivity contribution in [2.75, 3.05) is 0 Å². The number of benzene rings is 2. The minimum Gasteiger partial charge on any atom is -0.366 e. The van der Waals surface area contributed by atoms with Gasteiger partial charge < -0.3 is 5.73 Å². The summed E-state index contributed by atoms with van der Waals surface area (Å²) in [5.74, 6) is -0.432. The molecule has 19 heavy (non-hydrogen) atoms. The van der Waals surface area contributed by atoms with Crippen LogP contribution in [0.25, 0.3) is 5.57 Å². The molecular weight excluding hydrogens is 258 g/mol. The molecule has 0 aliphatic rings. The highest BCUT2D eigenvalue weighted by molar-refractivity contribution is 6.30. The van der Waals surface area contributed by atoms with E-state index in [1.165, 1.54) is 0 Å². The van der Waals surface area contributed by atoms with Crippen molar-refractivity contribution in [3.63, 3.8) is 0 Å². The van der Waals surface area contributed by atoms with E-state index in [9.17, 15) is 4.79 Å². The van der Waals surface area contributed by atoms with Gasteiger partial charge in [-0.1, -0.05) is 54.1 Å². The monoisotopic (exact) mass is 271 g/mol. The molecule has 0 saturated heterocycles. The van der Waals surface area contributed by atoms with E-state index >= 15 is 0 Å². The first-order valence-corrected chi connectivity index (χ1v) is 6.29. The number of amides is 1. The zero-order chi connectivity index (χ0) is 13.8. The summed E-state index contributed by atoms with van der Waals surface area (Å²) in [6.45, 7) is 1.73. The van der Waals surface area contributed by atoms with Crippen molar-refractivity contribution in [2.45, 2.75) is 6.92 Å². The van der Waals surface area contributed by atoms with E-state index < -0.39 is 5.91 Å². The van der Waals surface area contributed by atoms with Crippen LogP contribution in [0.1, 0.15) is 18.1 Å². The lowest BCUT2D eigenvalue weighted by Gasteiger charge is -2.12. The van der Waals surface area contributed by atoms with Gasteiger partial charge in [0.15, 0.2) is 0 Å². The van der Waals surface area contributed by atoms with Gasteiger partial charge >= 0.3 is 0 Å². The Morgan fingerprint density at radius 1 is 1.00 bits per heavy atom. The van der Waals surface area contributed by atoms with Crippen LogP contribution in [0.4, 0.5) is 0 Å². The van der Waals surface area contributed by atoms with Gasteiger partial charge in [0.25, 0.3) is 0 Å². The minimum atomic E-state index is -0.432. The highest BCUT2D eigenvalue weighted by Gasteiger charge is 2.12. The van der Waals surface area contributed by atoms with Gasteiger partial charge in [0.2, 0.25) is 5.91 Å². The molecule has 2 aromatic rings. The second-order valence-corrected chi connectivity index (χ2v) is 4.68. The van der Waals surface area contributed by atoms with E-state index in [4.69, 9.17) is 17.3 Å². The third-order valence-corrected chi connectivity index (χ3v) is 3.16. The molecule has 2 aromatic carbocycles. The van der Waals surface area contributed by atoms with Gasteiger partial charge in [-0.3, -0.25) is 4.79 Å². The maximum absolute atomic E-state index is 11.5. The molecule has 0 saturated carbocycles. The third kappa shape index (κ3) is 3.04. The van der Waals surface area contributed by atoms with Crippen molar-refractivity contribution < 1.29 is 4.79 Å². The standard InChI is InChI=1S/C16H14ClNO/c1-11(16(18)19)15(12-6-3-2-4-7-12)13-8-5-9-14(17)10-13/h2-10H,1H3,(H2,18,19). The number of rotatable bonds is 3. The molecule has 2 nitrogen and oxygen atoms in total. The second kappa shape index (κ2) is 5.72. The van der Waals surface area contributed by atoms with Crippen LogP contribution < -0.4 is 5.73 Å². The van der Waals surface area contributed by atoms with Gasteiger partial charge in [-0.15, -0.1) is 0 Å². The van der Waals surface area contributed by atoms with Crippen LogP contribution in [-0.2, 0) is 4.79 Å². The summed E-state index contributed by atoms with van der Waals surface area (Å²) in [6.07, 6.45) is 0. The molecule has 2 rings (SSSR count). The Balaban J connectivity index is 2.67. The summed E-state index contributed by atoms with van der Waals surface area (Å²) in [5.41, 5.74) is 8.59. The first kappa shape index (κ1) is 13.4. The number of carbonyl (C=O) groups is 1. The molecule has 0 aromatic heterocycles. The predicted molar refractivity (Wildman–Crippen MR) is 78.8 cm³/mol. The Morgan fingerprint density at radius 3 is 2.21 bits per heavy atom. The topological polar surface area (TPSA) is 43.1 Å². The minimum absolute atomic E-state index is 0.432. The van der Waals surface area contributed by atoms with Crippen LogP contribution in [0.5, 0.6) is 0 Å². The molecule has 0 unspecified atom stereocenters. The maximum Gasteiger partial charge on any atom is 0.244 e. The molecule has 0 aliphatic carbocycles. The lowest BCUT2D eigenvalue weighted by molar-refractivity contribution is -0.114. The van der Waals surface area contributed by atoms with Crippen molar-refractivity contribution >= 4 is 23.1 Å². The predicted octanol–water partition coefficient (Wildman–Crippen LogP) is 3.65. The van der Waals surface area contributed by atoms with Gasteiger partial charge in [0, 0.05) is 10.6 Å².